The van der Waals surface area contributed by atoms with Crippen LogP contribution in [-0.4, -0.2) is 16.7 Å². The molecule has 0 radical (unpaired) electrons. The largest absolute Gasteiger partial charge is 1.00 e. The zero-order valence-corrected chi connectivity index (χ0v) is 15.2. The molecule has 0 N–H and O–H groups in total. The minimum atomic E-state index is -1.60. The molecule has 0 aliphatic rings. The van der Waals surface area contributed by atoms with Gasteiger partial charge in [-0.3, -0.25) is 0 Å². The van der Waals surface area contributed by atoms with Crippen molar-refractivity contribution in [3.8, 4) is 0 Å². The van der Waals surface area contributed by atoms with Crippen molar-refractivity contribution in [2.24, 2.45) is 5.16 Å². The van der Waals surface area contributed by atoms with E-state index < -0.39 is 11.7 Å². The molecule has 0 saturated heterocycles. The monoisotopic (exact) mass is 262 g/mol. The summed E-state index contributed by atoms with van der Waals surface area (Å²) in [6.07, 6.45) is 0. The van der Waals surface area contributed by atoms with Gasteiger partial charge in [-0.15, -0.1) is 11.3 Å². The van der Waals surface area contributed by atoms with E-state index in [0.717, 1.165) is 11.3 Å². The van der Waals surface area contributed by atoms with E-state index in [1.807, 2.05) is 0 Å². The number of carbonyl (C=O) groups excluding carboxylic acids is 1. The smallest absolute Gasteiger partial charge is 0.791 e. The van der Waals surface area contributed by atoms with Crippen LogP contribution in [0, 0.1) is 12.1 Å². The van der Waals surface area contributed by atoms with Crippen molar-refractivity contribution in [1.29, 1.82) is 0 Å². The molecule has 0 aliphatic carbocycles. The van der Waals surface area contributed by atoms with Crippen molar-refractivity contribution in [3.05, 3.63) is 21.3 Å². The van der Waals surface area contributed by atoms with Crippen molar-refractivity contribution in [3.63, 3.8) is 0 Å². The van der Waals surface area contributed by atoms with E-state index in [0.29, 0.717) is 5.69 Å². The molecule has 0 amide bonds. The van der Waals surface area contributed by atoms with Crippen molar-refractivity contribution in [2.45, 2.75) is 6.92 Å². The number of aryl methyl sites for hydroxylation is 1. The summed E-state index contributed by atoms with van der Waals surface area (Å²) in [5.74, 6) is -1.60. The Balaban J connectivity index is 0. The van der Waals surface area contributed by atoms with E-state index in [4.69, 9.17) is 0 Å². The quantitative estimate of drug-likeness (QED) is 0.301. The van der Waals surface area contributed by atoms with Crippen LogP contribution in [0.3, 0.4) is 0 Å². The molecule has 0 atom stereocenters. The number of carbonyl (C=O) groups is 1. The first-order chi connectivity index (χ1) is 5.65. The van der Waals surface area contributed by atoms with Crippen LogP contribution in [0.1, 0.15) is 10.7 Å². The second-order valence-electron chi connectivity index (χ2n) is 2.02. The molecular formula is C6H4K2N2O3S. The van der Waals surface area contributed by atoms with Gasteiger partial charge in [-0.2, -0.15) is 0 Å². The summed E-state index contributed by atoms with van der Waals surface area (Å²) < 4.78 is 0. The molecule has 0 saturated carbocycles. The predicted octanol–water partition coefficient (Wildman–Crippen LogP) is -6.50. The first kappa shape index (κ1) is 18.2. The molecule has 0 spiro atoms. The maximum absolute atomic E-state index is 10.3. The minimum Gasteiger partial charge on any atom is -0.791 e. The fourth-order valence-corrected chi connectivity index (χ4v) is 1.39. The van der Waals surface area contributed by atoms with Gasteiger partial charge in [-0.25, -0.2) is 4.98 Å². The molecule has 0 bridgehead atoms. The summed E-state index contributed by atoms with van der Waals surface area (Å²) in [5.41, 5.74) is 0.00509. The molecule has 64 valence electrons. The molecule has 14 heavy (non-hydrogen) atoms. The Morgan fingerprint density at radius 2 is 2.14 bits per heavy atom. The normalized spacial score (nSPS) is 9.93. The average molecular weight is 262 g/mol. The molecular weight excluding hydrogens is 258 g/mol. The Morgan fingerprint density at radius 3 is 2.43 bits per heavy atom. The fraction of sp³-hybridized carbons (Fsp3) is 0.167. The number of carboxylic acid groups (broad SMARTS) is 1. The van der Waals surface area contributed by atoms with Gasteiger partial charge in [0, 0.05) is 11.1 Å². The zero-order valence-electron chi connectivity index (χ0n) is 8.10. The number of thiazole rings is 1. The van der Waals surface area contributed by atoms with Gasteiger partial charge in [-0.05, 0) is 6.92 Å². The van der Waals surface area contributed by atoms with Crippen LogP contribution in [0.4, 0.5) is 0 Å². The van der Waals surface area contributed by atoms with Gasteiger partial charge in [0.15, 0.2) is 0 Å². The van der Waals surface area contributed by atoms with Crippen LogP contribution in [0.2, 0.25) is 0 Å². The molecule has 8 heteroatoms. The zero-order chi connectivity index (χ0) is 9.14. The summed E-state index contributed by atoms with van der Waals surface area (Å²) in [6, 6.07) is 0. The topological polar surface area (TPSA) is 88.4 Å². The first-order valence-corrected chi connectivity index (χ1v) is 3.87. The van der Waals surface area contributed by atoms with Crippen LogP contribution in [-0.2, 0) is 4.79 Å². The summed E-state index contributed by atoms with van der Waals surface area (Å²) in [7, 11) is 0. The van der Waals surface area contributed by atoms with Crippen LogP contribution < -0.4 is 108 Å². The molecule has 1 heterocycles. The van der Waals surface area contributed by atoms with E-state index in [1.165, 1.54) is 0 Å². The summed E-state index contributed by atoms with van der Waals surface area (Å²) in [5, 5.41) is 24.3. The summed E-state index contributed by atoms with van der Waals surface area (Å²) >= 11 is 1.05. The Labute approximate surface area is 170 Å². The van der Waals surface area contributed by atoms with Crippen LogP contribution in [0.25, 0.3) is 0 Å². The van der Waals surface area contributed by atoms with Gasteiger partial charge < -0.3 is 20.3 Å². The Hall–Kier alpha value is 1.84. The van der Waals surface area contributed by atoms with Crippen LogP contribution in [0.5, 0.6) is 0 Å². The number of carboxylic acids is 1. The second kappa shape index (κ2) is 8.93. The molecule has 0 aliphatic heterocycles. The van der Waals surface area contributed by atoms with Crippen molar-refractivity contribution >= 4 is 23.0 Å². The van der Waals surface area contributed by atoms with Gasteiger partial charge in [0.05, 0.1) is 5.97 Å². The van der Waals surface area contributed by atoms with Crippen LogP contribution >= 0.6 is 11.3 Å². The number of rotatable bonds is 2. The summed E-state index contributed by atoms with van der Waals surface area (Å²) in [4.78, 5) is 14.0. The maximum atomic E-state index is 10.3. The molecule has 1 aromatic rings. The van der Waals surface area contributed by atoms with Gasteiger partial charge >= 0.3 is 103 Å². The molecule has 1 rings (SSSR count). The third-order valence-electron chi connectivity index (χ3n) is 1.11. The fourth-order valence-electron chi connectivity index (χ4n) is 0.626. The van der Waals surface area contributed by atoms with Gasteiger partial charge in [0.1, 0.15) is 10.7 Å². The third-order valence-corrected chi connectivity index (χ3v) is 2.07. The number of nitrogens with zero attached hydrogens (tertiary/aromatic N) is 2. The molecule has 5 nitrogen and oxygen atoms in total. The Kier molecular flexibility index (Phi) is 11.6. The molecule has 0 fully saturated rings. The maximum Gasteiger partial charge on any atom is 1.00 e. The van der Waals surface area contributed by atoms with E-state index in [-0.39, 0.29) is 108 Å². The minimum absolute atomic E-state index is 0. The Bertz CT molecular complexity index is 340. The number of aliphatic carboxylic acids is 1. The standard InChI is InChI=1S/C6H6N2O3S.2K/c1-3-2-12-5(7-3)4(8-11)6(9)10;;/h2,11H,1H3,(H,9,10);;/q;2*+1/p-2. The van der Waals surface area contributed by atoms with Gasteiger partial charge in [-0.1, -0.05) is 0 Å². The van der Waals surface area contributed by atoms with Gasteiger partial charge in [0.25, 0.3) is 0 Å². The van der Waals surface area contributed by atoms with E-state index in [2.05, 4.69) is 10.1 Å². The van der Waals surface area contributed by atoms with E-state index >= 15 is 0 Å². The Morgan fingerprint density at radius 1 is 1.57 bits per heavy atom. The number of hydrogen-bond acceptors (Lipinski definition) is 6. The average Bonchev–Trinajstić information content (AvgIpc) is 2.37. The number of hydrogen-bond donors (Lipinski definition) is 0. The van der Waals surface area contributed by atoms with Crippen molar-refractivity contribution in [2.75, 3.05) is 0 Å². The van der Waals surface area contributed by atoms with E-state index in [1.54, 1.807) is 12.3 Å². The first-order valence-electron chi connectivity index (χ1n) is 2.99. The third kappa shape index (κ3) is 5.26. The SMILES string of the molecule is Cc1csc(C(=N[O-])C(=O)[O-])n1.[K+].[K+]. The van der Waals surface area contributed by atoms with Gasteiger partial charge in [0.2, 0.25) is 0 Å². The van der Waals surface area contributed by atoms with Crippen molar-refractivity contribution in [1.82, 2.24) is 4.98 Å². The molecule has 0 unspecified atom stereocenters. The van der Waals surface area contributed by atoms with E-state index in [9.17, 15) is 15.1 Å². The van der Waals surface area contributed by atoms with Crippen molar-refractivity contribution < 1.29 is 113 Å². The predicted molar refractivity (Wildman–Crippen MR) is 41.8 cm³/mol. The molecule has 1 aromatic heterocycles. The second-order valence-corrected chi connectivity index (χ2v) is 2.88. The summed E-state index contributed by atoms with van der Waals surface area (Å²) in [6.45, 7) is 1.69. The number of aromatic nitrogens is 1. The van der Waals surface area contributed by atoms with Crippen LogP contribution in [0.15, 0.2) is 10.5 Å². The molecule has 0 aromatic carbocycles.